The zero-order valence-electron chi connectivity index (χ0n) is 16.2. The summed E-state index contributed by atoms with van der Waals surface area (Å²) in [6.07, 6.45) is 1.81. The third-order valence-corrected chi connectivity index (χ3v) is 6.04. The van der Waals surface area contributed by atoms with Crippen molar-refractivity contribution in [2.75, 3.05) is 60.3 Å². The van der Waals surface area contributed by atoms with Gasteiger partial charge in [-0.1, -0.05) is 0 Å². The van der Waals surface area contributed by atoms with Crippen LogP contribution in [0.2, 0.25) is 0 Å². The van der Waals surface area contributed by atoms with E-state index in [0.717, 1.165) is 30.7 Å². The maximum absolute atomic E-state index is 13.2. The highest BCUT2D eigenvalue weighted by molar-refractivity contribution is 5.75. The number of nitrogens with zero attached hydrogens (tertiary/aromatic N) is 2. The first kappa shape index (κ1) is 18.4. The van der Waals surface area contributed by atoms with Crippen LogP contribution < -0.4 is 9.47 Å². The standard InChI is InChI=1S/C20H28N2O5/c1-24-17-11-15-13-22(19(23)21-5-9-27-10-6-21)14-20(3-7-26-8-4-20)16(15)12-18(17)25-2/h11-12H,3-10,13-14H2,1-2H3. The summed E-state index contributed by atoms with van der Waals surface area (Å²) in [5, 5.41) is 0. The fourth-order valence-corrected chi connectivity index (χ4v) is 4.54. The van der Waals surface area contributed by atoms with E-state index in [0.29, 0.717) is 51.8 Å². The number of fused-ring (bicyclic) bond motifs is 2. The molecule has 0 aliphatic carbocycles. The Kier molecular flexibility index (Phi) is 5.14. The van der Waals surface area contributed by atoms with Crippen molar-refractivity contribution in [2.24, 2.45) is 0 Å². The number of rotatable bonds is 2. The van der Waals surface area contributed by atoms with Crippen LogP contribution in [0.1, 0.15) is 24.0 Å². The average Bonchev–Trinajstić information content (AvgIpc) is 2.73. The van der Waals surface area contributed by atoms with Crippen LogP contribution in [-0.2, 0) is 21.4 Å². The van der Waals surface area contributed by atoms with Crippen molar-refractivity contribution in [3.63, 3.8) is 0 Å². The van der Waals surface area contributed by atoms with Gasteiger partial charge in [0.05, 0.1) is 27.4 Å². The van der Waals surface area contributed by atoms with Crippen molar-refractivity contribution < 1.29 is 23.7 Å². The number of benzene rings is 1. The minimum absolute atomic E-state index is 0.0899. The molecule has 1 spiro atoms. The molecule has 2 saturated heterocycles. The molecule has 148 valence electrons. The molecule has 1 aromatic carbocycles. The number of methoxy groups -OCH3 is 2. The minimum Gasteiger partial charge on any atom is -0.493 e. The third-order valence-electron chi connectivity index (χ3n) is 6.04. The first-order valence-electron chi connectivity index (χ1n) is 9.61. The van der Waals surface area contributed by atoms with E-state index >= 15 is 0 Å². The SMILES string of the molecule is COc1cc2c(cc1OC)C1(CCOCC1)CN(C(=O)N1CCOCC1)C2. The number of amides is 2. The van der Waals surface area contributed by atoms with Gasteiger partial charge in [0, 0.05) is 44.8 Å². The topological polar surface area (TPSA) is 60.5 Å². The van der Waals surface area contributed by atoms with Crippen LogP contribution in [0.5, 0.6) is 11.5 Å². The van der Waals surface area contributed by atoms with E-state index in [1.165, 1.54) is 5.56 Å². The van der Waals surface area contributed by atoms with Gasteiger partial charge in [0.25, 0.3) is 0 Å². The average molecular weight is 376 g/mol. The van der Waals surface area contributed by atoms with Gasteiger partial charge in [-0.15, -0.1) is 0 Å². The van der Waals surface area contributed by atoms with Crippen LogP contribution in [0.3, 0.4) is 0 Å². The molecule has 2 amide bonds. The number of ether oxygens (including phenoxy) is 4. The molecule has 1 aromatic rings. The highest BCUT2D eigenvalue weighted by Gasteiger charge is 2.43. The van der Waals surface area contributed by atoms with E-state index in [1.807, 2.05) is 15.9 Å². The summed E-state index contributed by atoms with van der Waals surface area (Å²) in [7, 11) is 3.31. The van der Waals surface area contributed by atoms with Gasteiger partial charge in [-0.25, -0.2) is 4.79 Å². The number of morpholine rings is 1. The molecular formula is C20H28N2O5. The predicted molar refractivity (Wildman–Crippen MR) is 99.5 cm³/mol. The largest absolute Gasteiger partial charge is 0.493 e. The molecule has 3 heterocycles. The molecule has 2 fully saturated rings. The van der Waals surface area contributed by atoms with Crippen LogP contribution in [-0.4, -0.2) is 76.1 Å². The lowest BCUT2D eigenvalue weighted by molar-refractivity contribution is 0.0175. The molecule has 3 aliphatic heterocycles. The van der Waals surface area contributed by atoms with Gasteiger partial charge in [-0.2, -0.15) is 0 Å². The fourth-order valence-electron chi connectivity index (χ4n) is 4.54. The summed E-state index contributed by atoms with van der Waals surface area (Å²) < 4.78 is 22.1. The van der Waals surface area contributed by atoms with E-state index in [4.69, 9.17) is 18.9 Å². The van der Waals surface area contributed by atoms with Crippen molar-refractivity contribution in [3.05, 3.63) is 23.3 Å². The van der Waals surface area contributed by atoms with Gasteiger partial charge in [0.1, 0.15) is 0 Å². The summed E-state index contributed by atoms with van der Waals surface area (Å²) in [5.74, 6) is 1.45. The molecule has 7 heteroatoms. The zero-order valence-corrected chi connectivity index (χ0v) is 16.2. The van der Waals surface area contributed by atoms with Gasteiger partial charge in [-0.05, 0) is 36.1 Å². The summed E-state index contributed by atoms with van der Waals surface area (Å²) in [4.78, 5) is 17.1. The number of hydrogen-bond donors (Lipinski definition) is 0. The Balaban J connectivity index is 1.70. The third kappa shape index (κ3) is 3.34. The quantitative estimate of drug-likeness (QED) is 0.790. The molecule has 4 rings (SSSR count). The molecule has 0 radical (unpaired) electrons. The first-order chi connectivity index (χ1) is 13.2. The molecule has 0 atom stereocenters. The second kappa shape index (κ2) is 7.56. The minimum atomic E-state index is -0.0899. The van der Waals surface area contributed by atoms with Gasteiger partial charge < -0.3 is 28.7 Å². The van der Waals surface area contributed by atoms with Crippen molar-refractivity contribution >= 4 is 6.03 Å². The van der Waals surface area contributed by atoms with E-state index in [1.54, 1.807) is 14.2 Å². The molecule has 0 saturated carbocycles. The summed E-state index contributed by atoms with van der Waals surface area (Å²) in [5.41, 5.74) is 2.32. The molecule has 27 heavy (non-hydrogen) atoms. The normalized spacial score (nSPS) is 21.7. The maximum Gasteiger partial charge on any atom is 0.320 e. The Morgan fingerprint density at radius 3 is 2.26 bits per heavy atom. The Morgan fingerprint density at radius 2 is 1.59 bits per heavy atom. The molecule has 0 unspecified atom stereocenters. The van der Waals surface area contributed by atoms with E-state index in [2.05, 4.69) is 6.07 Å². The van der Waals surface area contributed by atoms with Crippen LogP contribution in [0.4, 0.5) is 4.79 Å². The molecule has 3 aliphatic rings. The first-order valence-corrected chi connectivity index (χ1v) is 9.61. The van der Waals surface area contributed by atoms with Gasteiger partial charge in [0.2, 0.25) is 0 Å². The summed E-state index contributed by atoms with van der Waals surface area (Å²) >= 11 is 0. The van der Waals surface area contributed by atoms with Crippen LogP contribution in [0, 0.1) is 0 Å². The molecule has 0 aromatic heterocycles. The van der Waals surface area contributed by atoms with E-state index in [-0.39, 0.29) is 11.4 Å². The van der Waals surface area contributed by atoms with Crippen LogP contribution >= 0.6 is 0 Å². The summed E-state index contributed by atoms with van der Waals surface area (Å²) in [6.45, 7) is 5.28. The highest BCUT2D eigenvalue weighted by atomic mass is 16.5. The fraction of sp³-hybridized carbons (Fsp3) is 0.650. The van der Waals surface area contributed by atoms with Crippen molar-refractivity contribution in [3.8, 4) is 11.5 Å². The Hall–Kier alpha value is -1.99. The van der Waals surface area contributed by atoms with Crippen molar-refractivity contribution in [1.82, 2.24) is 9.80 Å². The Bertz CT molecular complexity index is 696. The molecule has 7 nitrogen and oxygen atoms in total. The van der Waals surface area contributed by atoms with Crippen molar-refractivity contribution in [2.45, 2.75) is 24.8 Å². The molecule has 0 bridgehead atoms. The Morgan fingerprint density at radius 1 is 0.963 bits per heavy atom. The smallest absolute Gasteiger partial charge is 0.320 e. The van der Waals surface area contributed by atoms with Gasteiger partial charge in [0.15, 0.2) is 11.5 Å². The second-order valence-electron chi connectivity index (χ2n) is 7.50. The van der Waals surface area contributed by atoms with Crippen LogP contribution in [0.15, 0.2) is 12.1 Å². The van der Waals surface area contributed by atoms with Crippen molar-refractivity contribution in [1.29, 1.82) is 0 Å². The van der Waals surface area contributed by atoms with Gasteiger partial charge in [-0.3, -0.25) is 0 Å². The maximum atomic E-state index is 13.2. The number of urea groups is 1. The lowest BCUT2D eigenvalue weighted by atomic mass is 9.70. The number of carbonyl (C=O) groups is 1. The van der Waals surface area contributed by atoms with E-state index in [9.17, 15) is 4.79 Å². The molecular weight excluding hydrogens is 348 g/mol. The Labute approximate surface area is 160 Å². The monoisotopic (exact) mass is 376 g/mol. The lowest BCUT2D eigenvalue weighted by Gasteiger charge is -2.47. The number of carbonyl (C=O) groups excluding carboxylic acids is 1. The van der Waals surface area contributed by atoms with E-state index < -0.39 is 0 Å². The highest BCUT2D eigenvalue weighted by Crippen LogP contribution is 2.45. The molecule has 0 N–H and O–H groups in total. The van der Waals surface area contributed by atoms with Crippen LogP contribution in [0.25, 0.3) is 0 Å². The number of hydrogen-bond acceptors (Lipinski definition) is 5. The zero-order chi connectivity index (χ0) is 18.9. The summed E-state index contributed by atoms with van der Waals surface area (Å²) in [6, 6.07) is 4.24. The van der Waals surface area contributed by atoms with Gasteiger partial charge >= 0.3 is 6.03 Å². The lowest BCUT2D eigenvalue weighted by Crippen LogP contribution is -2.55. The predicted octanol–water partition coefficient (Wildman–Crippen LogP) is 2.02. The second-order valence-corrected chi connectivity index (χ2v) is 7.50.